The Labute approximate surface area is 131 Å². The number of para-hydroxylation sites is 1. The van der Waals surface area contributed by atoms with Crippen LogP contribution in [0.1, 0.15) is 5.56 Å². The van der Waals surface area contributed by atoms with Crippen LogP contribution in [0.3, 0.4) is 0 Å². The van der Waals surface area contributed by atoms with Gasteiger partial charge in [-0.25, -0.2) is 0 Å². The van der Waals surface area contributed by atoms with Crippen molar-refractivity contribution in [2.45, 2.75) is 6.42 Å². The Balaban J connectivity index is 1.99. The first-order valence-corrected chi connectivity index (χ1v) is 7.21. The third kappa shape index (κ3) is 3.95. The molecule has 0 saturated heterocycles. The Hall–Kier alpha value is -2.08. The summed E-state index contributed by atoms with van der Waals surface area (Å²) in [5.74, 6) is 0.763. The SMILES string of the molecule is COc1ccc(NCCc2ccccc2[N+](=O)[O-])cc1Br. The minimum atomic E-state index is -0.348. The van der Waals surface area contributed by atoms with Crippen LogP contribution < -0.4 is 10.1 Å². The second-order valence-corrected chi connectivity index (χ2v) is 5.27. The maximum Gasteiger partial charge on any atom is 0.272 e. The van der Waals surface area contributed by atoms with E-state index in [2.05, 4.69) is 21.2 Å². The maximum absolute atomic E-state index is 10.9. The molecule has 0 fully saturated rings. The van der Waals surface area contributed by atoms with Crippen LogP contribution in [-0.2, 0) is 6.42 Å². The number of nitrogens with zero attached hydrogens (tertiary/aromatic N) is 1. The van der Waals surface area contributed by atoms with E-state index in [0.29, 0.717) is 13.0 Å². The largest absolute Gasteiger partial charge is 0.496 e. The number of ether oxygens (including phenoxy) is 1. The lowest BCUT2D eigenvalue weighted by Gasteiger charge is -2.09. The van der Waals surface area contributed by atoms with Gasteiger partial charge in [0.15, 0.2) is 0 Å². The molecule has 2 aromatic rings. The van der Waals surface area contributed by atoms with Crippen LogP contribution in [0.15, 0.2) is 46.9 Å². The molecule has 6 heteroatoms. The van der Waals surface area contributed by atoms with Crippen molar-refractivity contribution in [3.63, 3.8) is 0 Å². The Bertz CT molecular complexity index is 647. The predicted molar refractivity (Wildman–Crippen MR) is 86.0 cm³/mol. The molecule has 5 nitrogen and oxygen atoms in total. The fraction of sp³-hybridized carbons (Fsp3) is 0.200. The first-order chi connectivity index (χ1) is 10.1. The second kappa shape index (κ2) is 7.08. The van der Waals surface area contributed by atoms with E-state index in [0.717, 1.165) is 21.5 Å². The normalized spacial score (nSPS) is 10.2. The van der Waals surface area contributed by atoms with E-state index in [9.17, 15) is 10.1 Å². The van der Waals surface area contributed by atoms with Gasteiger partial charge in [0, 0.05) is 23.9 Å². The van der Waals surface area contributed by atoms with Crippen LogP contribution in [0, 0.1) is 10.1 Å². The van der Waals surface area contributed by atoms with Crippen molar-refractivity contribution >= 4 is 27.3 Å². The maximum atomic E-state index is 10.9. The van der Waals surface area contributed by atoms with Gasteiger partial charge in [-0.2, -0.15) is 0 Å². The highest BCUT2D eigenvalue weighted by Crippen LogP contribution is 2.27. The fourth-order valence-corrected chi connectivity index (χ4v) is 2.56. The van der Waals surface area contributed by atoms with E-state index in [1.807, 2.05) is 24.3 Å². The number of hydrogen-bond donors (Lipinski definition) is 1. The molecular formula is C15H15BrN2O3. The van der Waals surface area contributed by atoms with E-state index in [-0.39, 0.29) is 10.6 Å². The molecule has 2 rings (SSSR count). The molecule has 0 spiro atoms. The smallest absolute Gasteiger partial charge is 0.272 e. The number of hydrogen-bond acceptors (Lipinski definition) is 4. The molecule has 0 aliphatic heterocycles. The summed E-state index contributed by atoms with van der Waals surface area (Å²) in [4.78, 5) is 10.6. The van der Waals surface area contributed by atoms with Gasteiger partial charge >= 0.3 is 0 Å². The summed E-state index contributed by atoms with van der Waals surface area (Å²) in [7, 11) is 1.61. The van der Waals surface area contributed by atoms with E-state index in [1.165, 1.54) is 6.07 Å². The second-order valence-electron chi connectivity index (χ2n) is 4.41. The molecule has 0 amide bonds. The van der Waals surface area contributed by atoms with Crippen molar-refractivity contribution in [3.8, 4) is 5.75 Å². The topological polar surface area (TPSA) is 64.4 Å². The molecule has 0 heterocycles. The number of nitrogens with one attached hydrogen (secondary N) is 1. The first-order valence-electron chi connectivity index (χ1n) is 6.41. The zero-order valence-electron chi connectivity index (χ0n) is 11.5. The van der Waals surface area contributed by atoms with Gasteiger partial charge < -0.3 is 10.1 Å². The summed E-state index contributed by atoms with van der Waals surface area (Å²) in [5, 5.41) is 14.2. The molecule has 0 bridgehead atoms. The van der Waals surface area contributed by atoms with Gasteiger partial charge in [0.25, 0.3) is 5.69 Å². The zero-order chi connectivity index (χ0) is 15.2. The number of nitro groups is 1. The third-order valence-electron chi connectivity index (χ3n) is 3.06. The summed E-state index contributed by atoms with van der Waals surface area (Å²) in [6, 6.07) is 12.5. The molecule has 0 unspecified atom stereocenters. The number of halogens is 1. The summed E-state index contributed by atoms with van der Waals surface area (Å²) >= 11 is 3.42. The monoisotopic (exact) mass is 350 g/mol. The van der Waals surface area contributed by atoms with Crippen LogP contribution in [0.5, 0.6) is 5.75 Å². The van der Waals surface area contributed by atoms with Gasteiger partial charge in [-0.05, 0) is 40.5 Å². The van der Waals surface area contributed by atoms with Gasteiger partial charge in [0.1, 0.15) is 5.75 Å². The van der Waals surface area contributed by atoms with Gasteiger partial charge in [-0.3, -0.25) is 10.1 Å². The van der Waals surface area contributed by atoms with Gasteiger partial charge in [0.2, 0.25) is 0 Å². The Kier molecular flexibility index (Phi) is 5.16. The highest BCUT2D eigenvalue weighted by atomic mass is 79.9. The molecule has 0 aliphatic carbocycles. The average Bonchev–Trinajstić information content (AvgIpc) is 2.48. The third-order valence-corrected chi connectivity index (χ3v) is 3.68. The van der Waals surface area contributed by atoms with Gasteiger partial charge in [-0.1, -0.05) is 18.2 Å². The molecule has 2 aromatic carbocycles. The van der Waals surface area contributed by atoms with Gasteiger partial charge in [0.05, 0.1) is 16.5 Å². The average molecular weight is 351 g/mol. The lowest BCUT2D eigenvalue weighted by molar-refractivity contribution is -0.385. The standard InChI is InChI=1S/C15H15BrN2O3/c1-21-15-7-6-12(10-13(15)16)17-9-8-11-4-2-3-5-14(11)18(19)20/h2-7,10,17H,8-9H2,1H3. The molecule has 1 N–H and O–H groups in total. The van der Waals surface area contributed by atoms with E-state index >= 15 is 0 Å². The lowest BCUT2D eigenvalue weighted by atomic mass is 10.1. The lowest BCUT2D eigenvalue weighted by Crippen LogP contribution is -2.06. The zero-order valence-corrected chi connectivity index (χ0v) is 13.1. The van der Waals surface area contributed by atoms with Crippen LogP contribution in [-0.4, -0.2) is 18.6 Å². The van der Waals surface area contributed by atoms with Crippen LogP contribution in [0.2, 0.25) is 0 Å². The minimum absolute atomic E-state index is 0.162. The Morgan fingerprint density at radius 3 is 2.71 bits per heavy atom. The van der Waals surface area contributed by atoms with Crippen molar-refractivity contribution in [3.05, 3.63) is 62.6 Å². The first kappa shape index (κ1) is 15.3. The number of anilines is 1. The fourth-order valence-electron chi connectivity index (χ4n) is 2.02. The van der Waals surface area contributed by atoms with E-state index in [4.69, 9.17) is 4.74 Å². The molecule has 110 valence electrons. The molecular weight excluding hydrogens is 336 g/mol. The van der Waals surface area contributed by atoms with Crippen LogP contribution >= 0.6 is 15.9 Å². The van der Waals surface area contributed by atoms with Crippen molar-refractivity contribution in [2.75, 3.05) is 19.0 Å². The quantitative estimate of drug-likeness (QED) is 0.631. The Morgan fingerprint density at radius 1 is 1.29 bits per heavy atom. The van der Waals surface area contributed by atoms with Crippen LogP contribution in [0.4, 0.5) is 11.4 Å². The number of nitro benzene ring substituents is 1. The van der Waals surface area contributed by atoms with E-state index in [1.54, 1.807) is 19.2 Å². The number of benzene rings is 2. The molecule has 0 atom stereocenters. The molecule has 0 radical (unpaired) electrons. The minimum Gasteiger partial charge on any atom is -0.496 e. The van der Waals surface area contributed by atoms with Crippen molar-refractivity contribution in [2.24, 2.45) is 0 Å². The van der Waals surface area contributed by atoms with Crippen LogP contribution in [0.25, 0.3) is 0 Å². The molecule has 0 saturated carbocycles. The van der Waals surface area contributed by atoms with Crippen molar-refractivity contribution in [1.29, 1.82) is 0 Å². The van der Waals surface area contributed by atoms with Crippen molar-refractivity contribution in [1.82, 2.24) is 0 Å². The van der Waals surface area contributed by atoms with Crippen molar-refractivity contribution < 1.29 is 9.66 Å². The summed E-state index contributed by atoms with van der Waals surface area (Å²) in [5.41, 5.74) is 1.82. The number of methoxy groups -OCH3 is 1. The number of rotatable bonds is 6. The van der Waals surface area contributed by atoms with E-state index < -0.39 is 0 Å². The molecule has 0 aliphatic rings. The molecule has 21 heavy (non-hydrogen) atoms. The van der Waals surface area contributed by atoms with Gasteiger partial charge in [-0.15, -0.1) is 0 Å². The molecule has 0 aromatic heterocycles. The summed E-state index contributed by atoms with van der Waals surface area (Å²) in [6.07, 6.45) is 0.584. The Morgan fingerprint density at radius 2 is 2.05 bits per heavy atom. The highest BCUT2D eigenvalue weighted by Gasteiger charge is 2.11. The highest BCUT2D eigenvalue weighted by molar-refractivity contribution is 9.10. The summed E-state index contributed by atoms with van der Waals surface area (Å²) in [6.45, 7) is 0.615. The predicted octanol–water partition coefficient (Wildman–Crippen LogP) is 4.02. The summed E-state index contributed by atoms with van der Waals surface area (Å²) < 4.78 is 6.03.